The first-order valence-electron chi connectivity index (χ1n) is 3.10. The summed E-state index contributed by atoms with van der Waals surface area (Å²) < 4.78 is 0. The fourth-order valence-electron chi connectivity index (χ4n) is 0.637. The second-order valence-corrected chi connectivity index (χ2v) is 3.39. The van der Waals surface area contributed by atoms with Crippen LogP contribution in [0.3, 0.4) is 0 Å². The zero-order chi connectivity index (χ0) is 5.70. The first-order chi connectivity index (χ1) is 3.31. The SMILES string of the molecule is CCCC(C)[CH2][Zn].Cl. The van der Waals surface area contributed by atoms with Crippen molar-refractivity contribution in [2.75, 3.05) is 0 Å². The minimum atomic E-state index is 0. The summed E-state index contributed by atoms with van der Waals surface area (Å²) in [5.41, 5.74) is 0. The number of halogens is 1. The Morgan fingerprint density at radius 2 is 2.00 bits per heavy atom. The van der Waals surface area contributed by atoms with Gasteiger partial charge in [-0.3, -0.25) is 0 Å². The van der Waals surface area contributed by atoms with E-state index < -0.39 is 0 Å². The molecule has 2 heteroatoms. The van der Waals surface area contributed by atoms with E-state index in [2.05, 4.69) is 13.8 Å². The van der Waals surface area contributed by atoms with E-state index in [1.54, 1.807) is 0 Å². The van der Waals surface area contributed by atoms with Gasteiger partial charge in [0.05, 0.1) is 0 Å². The molecule has 0 spiro atoms. The smallest absolute Gasteiger partial charge is 0.147 e. The minimum absolute atomic E-state index is 0. The molecule has 0 heterocycles. The Bertz CT molecular complexity index is 39.5. The van der Waals surface area contributed by atoms with E-state index in [-0.39, 0.29) is 12.4 Å². The van der Waals surface area contributed by atoms with Crippen LogP contribution in [0.2, 0.25) is 5.02 Å². The maximum Gasteiger partial charge on any atom is -0.147 e. The molecule has 0 saturated carbocycles. The summed E-state index contributed by atoms with van der Waals surface area (Å²) in [6.45, 7) is 4.60. The number of hydrogen-bond acceptors (Lipinski definition) is 0. The molecule has 0 aromatic heterocycles. The van der Waals surface area contributed by atoms with Crippen molar-refractivity contribution in [3.05, 3.63) is 0 Å². The molecule has 0 aliphatic carbocycles. The Kier molecular flexibility index (Phi) is 11.6. The van der Waals surface area contributed by atoms with E-state index in [4.69, 9.17) is 0 Å². The Hall–Kier alpha value is 0.913. The van der Waals surface area contributed by atoms with Gasteiger partial charge in [0.25, 0.3) is 0 Å². The molecular weight excluding hydrogens is 173 g/mol. The average molecular weight is 187 g/mol. The standard InChI is InChI=1S/C6H13.ClH.Zn/c1-4-5-6(2)3;;/h6H,2,4-5H2,1,3H3;1H;. The fourth-order valence-corrected chi connectivity index (χ4v) is 1.24. The zero-order valence-corrected chi connectivity index (χ0v) is 9.60. The maximum absolute atomic E-state index is 2.34. The van der Waals surface area contributed by atoms with Crippen molar-refractivity contribution < 1.29 is 18.3 Å². The van der Waals surface area contributed by atoms with Crippen LogP contribution in [0, 0.1) is 5.92 Å². The van der Waals surface area contributed by atoms with E-state index in [0.29, 0.717) is 0 Å². The Balaban J connectivity index is 0. The summed E-state index contributed by atoms with van der Waals surface area (Å²) in [5.74, 6) is 1.00. The second-order valence-electron chi connectivity index (χ2n) is 2.18. The molecule has 8 heavy (non-hydrogen) atoms. The summed E-state index contributed by atoms with van der Waals surface area (Å²) in [6, 6.07) is 0. The van der Waals surface area contributed by atoms with Crippen molar-refractivity contribution in [2.45, 2.75) is 31.7 Å². The maximum atomic E-state index is 2.34. The third kappa shape index (κ3) is 6.91. The van der Waals surface area contributed by atoms with Crippen LogP contribution in [0.1, 0.15) is 26.7 Å². The predicted molar refractivity (Wildman–Crippen MR) is 36.1 cm³/mol. The van der Waals surface area contributed by atoms with Gasteiger partial charge < -0.3 is 0 Å². The van der Waals surface area contributed by atoms with Gasteiger partial charge in [-0.25, -0.2) is 0 Å². The van der Waals surface area contributed by atoms with Crippen molar-refractivity contribution >= 4 is 12.4 Å². The van der Waals surface area contributed by atoms with E-state index in [1.807, 2.05) is 0 Å². The summed E-state index contributed by atoms with van der Waals surface area (Å²) in [7, 11) is 0. The van der Waals surface area contributed by atoms with Crippen molar-refractivity contribution in [1.29, 1.82) is 0 Å². The normalized spacial score (nSPS) is 12.5. The molecule has 0 radical (unpaired) electrons. The van der Waals surface area contributed by atoms with Gasteiger partial charge in [0, 0.05) is 0 Å². The van der Waals surface area contributed by atoms with Gasteiger partial charge in [-0.1, -0.05) is 0 Å². The van der Waals surface area contributed by atoms with Gasteiger partial charge in [-0.2, -0.15) is 0 Å². The van der Waals surface area contributed by atoms with Crippen molar-refractivity contribution in [3.63, 3.8) is 0 Å². The molecule has 0 rings (SSSR count). The molecule has 0 N–H and O–H groups in total. The predicted octanol–water partition coefficient (Wildman–Crippen LogP) is 2.81. The van der Waals surface area contributed by atoms with Gasteiger partial charge in [0.2, 0.25) is 0 Å². The Morgan fingerprint density at radius 1 is 1.50 bits per heavy atom. The zero-order valence-electron chi connectivity index (χ0n) is 5.81. The largest absolute Gasteiger partial charge is 0.147 e. The van der Waals surface area contributed by atoms with Crippen molar-refractivity contribution in [1.82, 2.24) is 0 Å². The van der Waals surface area contributed by atoms with Crippen molar-refractivity contribution in [3.8, 4) is 0 Å². The number of hydrogen-bond donors (Lipinski definition) is 0. The summed E-state index contributed by atoms with van der Waals surface area (Å²) >= 11 is 1.47. The molecule has 0 aliphatic rings. The third-order valence-electron chi connectivity index (χ3n) is 1.27. The van der Waals surface area contributed by atoms with E-state index >= 15 is 0 Å². The Labute approximate surface area is 68.5 Å². The third-order valence-corrected chi connectivity index (χ3v) is 3.34. The average Bonchev–Trinajstić information content (AvgIpc) is 1.68. The van der Waals surface area contributed by atoms with Gasteiger partial charge in [0.1, 0.15) is 0 Å². The summed E-state index contributed by atoms with van der Waals surface area (Å²) in [5, 5.41) is 1.47. The first-order valence-corrected chi connectivity index (χ1v) is 5.20. The van der Waals surface area contributed by atoms with E-state index in [1.165, 1.54) is 36.2 Å². The summed E-state index contributed by atoms with van der Waals surface area (Å²) in [6.07, 6.45) is 2.79. The van der Waals surface area contributed by atoms with E-state index in [9.17, 15) is 0 Å². The molecule has 0 bridgehead atoms. The first kappa shape index (κ1) is 11.7. The summed E-state index contributed by atoms with van der Waals surface area (Å²) in [4.78, 5) is 0. The van der Waals surface area contributed by atoms with Crippen LogP contribution in [-0.4, -0.2) is 0 Å². The topological polar surface area (TPSA) is 0 Å². The monoisotopic (exact) mass is 185 g/mol. The molecule has 0 aliphatic heterocycles. The van der Waals surface area contributed by atoms with Crippen LogP contribution in [0.25, 0.3) is 0 Å². The number of rotatable bonds is 3. The minimum Gasteiger partial charge on any atom is -0.147 e. The molecule has 0 fully saturated rings. The second kappa shape index (κ2) is 7.91. The van der Waals surface area contributed by atoms with Gasteiger partial charge >= 0.3 is 55.9 Å². The molecular formula is C6H14ClZn. The molecule has 1 unspecified atom stereocenters. The molecule has 47 valence electrons. The van der Waals surface area contributed by atoms with Gasteiger partial charge in [-0.05, 0) is 0 Å². The van der Waals surface area contributed by atoms with E-state index in [0.717, 1.165) is 5.92 Å². The molecule has 0 amide bonds. The van der Waals surface area contributed by atoms with Crippen LogP contribution >= 0.6 is 12.4 Å². The quantitative estimate of drug-likeness (QED) is 0.596. The van der Waals surface area contributed by atoms with Crippen LogP contribution in [0.15, 0.2) is 0 Å². The van der Waals surface area contributed by atoms with Crippen LogP contribution in [-0.2, 0) is 18.3 Å². The van der Waals surface area contributed by atoms with Gasteiger partial charge in [0.15, 0.2) is 0 Å². The van der Waals surface area contributed by atoms with Crippen LogP contribution in [0.5, 0.6) is 0 Å². The van der Waals surface area contributed by atoms with Gasteiger partial charge in [-0.15, -0.1) is 12.4 Å². The fraction of sp³-hybridized carbons (Fsp3) is 1.00. The molecule has 0 aromatic rings. The van der Waals surface area contributed by atoms with Crippen LogP contribution < -0.4 is 0 Å². The Morgan fingerprint density at radius 3 is 2.12 bits per heavy atom. The molecule has 1 atom stereocenters. The van der Waals surface area contributed by atoms with Crippen molar-refractivity contribution in [2.24, 2.45) is 5.92 Å². The van der Waals surface area contributed by atoms with Crippen LogP contribution in [0.4, 0.5) is 0 Å². The molecule has 0 nitrogen and oxygen atoms in total. The molecule has 0 aromatic carbocycles. The molecule has 0 saturated heterocycles.